The van der Waals surface area contributed by atoms with Gasteiger partial charge >= 0.3 is 0 Å². The Morgan fingerprint density at radius 1 is 0.655 bits per heavy atom. The third kappa shape index (κ3) is 25.2. The molecule has 0 radical (unpaired) electrons. The van der Waals surface area contributed by atoms with Crippen molar-refractivity contribution >= 4 is 76.4 Å². The number of nitrogens with zero attached hydrogens (tertiary/aromatic N) is 3. The summed E-state index contributed by atoms with van der Waals surface area (Å²) in [4.78, 5) is 148. The highest BCUT2D eigenvalue weighted by Crippen LogP contribution is 2.26. The molecule has 10 amide bonds. The van der Waals surface area contributed by atoms with Gasteiger partial charge in [0.1, 0.15) is 54.4 Å². The number of rotatable bonds is 38. The summed E-state index contributed by atoms with van der Waals surface area (Å²) in [7, 11) is 1.40. The van der Waals surface area contributed by atoms with E-state index in [2.05, 4.69) is 49.1 Å². The predicted molar refractivity (Wildman–Crippen MR) is 336 cm³/mol. The molecule has 3 rings (SSSR count). The molecule has 25 heteroatoms. The van der Waals surface area contributed by atoms with Gasteiger partial charge in [-0.2, -0.15) is 0 Å². The zero-order valence-corrected chi connectivity index (χ0v) is 53.8. The third-order valence-electron chi connectivity index (χ3n) is 15.3. The SMILES string of the molecule is CCCCCCCC(=O)N[C@H](C)C(=O)N[C@@H](Cc1ccccc1)C(=O)N[C@H](CC(C)C)C(=O)N[C@@H](CC(C)C)C(=O)N1C[C@H](O)C[C@H]1C(=O)N(C)[C@@H](CC(C)C)C(=O)N[C@@H](C(=O)N[C@@H](CCCN=C(N)N)C(=O)N[C@H](C(N)=O)[C@@H](C)CC)c1cccs1. The highest BCUT2D eigenvalue weighted by atomic mass is 32.1. The van der Waals surface area contributed by atoms with Crippen LogP contribution in [-0.4, -0.2) is 155 Å². The number of unbranched alkanes of at least 4 members (excludes halogenated alkanes) is 4. The van der Waals surface area contributed by atoms with Crippen LogP contribution in [-0.2, 0) is 54.4 Å². The molecule has 1 saturated heterocycles. The molecule has 1 aromatic heterocycles. The second kappa shape index (κ2) is 37.5. The minimum absolute atomic E-state index is 0.0249. The molecule has 486 valence electrons. The maximum atomic E-state index is 14.9. The number of hydrogen-bond acceptors (Lipinski definition) is 13. The summed E-state index contributed by atoms with van der Waals surface area (Å²) >= 11 is 1.16. The summed E-state index contributed by atoms with van der Waals surface area (Å²) in [5.41, 5.74) is 17.4. The number of aliphatic hydroxyl groups is 1. The van der Waals surface area contributed by atoms with Gasteiger partial charge in [-0.05, 0) is 86.1 Å². The van der Waals surface area contributed by atoms with E-state index in [4.69, 9.17) is 17.2 Å². The van der Waals surface area contributed by atoms with E-state index in [0.717, 1.165) is 42.6 Å². The molecule has 1 aliphatic heterocycles. The average Bonchev–Trinajstić information content (AvgIpc) is 2.18. The van der Waals surface area contributed by atoms with E-state index in [9.17, 15) is 53.1 Å². The van der Waals surface area contributed by atoms with Crippen LogP contribution in [0.4, 0.5) is 0 Å². The topological polar surface area (TPSA) is 372 Å². The lowest BCUT2D eigenvalue weighted by Crippen LogP contribution is -2.60. The molecular weight excluding hydrogens is 1130 g/mol. The largest absolute Gasteiger partial charge is 0.391 e. The van der Waals surface area contributed by atoms with Crippen molar-refractivity contribution in [2.45, 2.75) is 220 Å². The number of likely N-dealkylation sites (tertiary alicyclic amines) is 1. The van der Waals surface area contributed by atoms with Gasteiger partial charge in [-0.1, -0.05) is 131 Å². The normalized spacial score (nSPS) is 17.1. The lowest BCUT2D eigenvalue weighted by molar-refractivity contribution is -0.149. The maximum absolute atomic E-state index is 14.9. The molecule has 0 aliphatic carbocycles. The van der Waals surface area contributed by atoms with E-state index in [1.807, 2.05) is 54.5 Å². The van der Waals surface area contributed by atoms with Gasteiger partial charge < -0.3 is 69.3 Å². The van der Waals surface area contributed by atoms with Crippen LogP contribution < -0.4 is 54.4 Å². The number of guanidine groups is 1. The Morgan fingerprint density at radius 2 is 1.24 bits per heavy atom. The minimum atomic E-state index is -1.38. The lowest BCUT2D eigenvalue weighted by Gasteiger charge is -2.35. The van der Waals surface area contributed by atoms with E-state index in [1.165, 1.54) is 23.8 Å². The van der Waals surface area contributed by atoms with Crippen LogP contribution in [0.3, 0.4) is 0 Å². The fourth-order valence-electron chi connectivity index (χ4n) is 10.3. The minimum Gasteiger partial charge on any atom is -0.391 e. The third-order valence-corrected chi connectivity index (χ3v) is 16.2. The average molecular weight is 1240 g/mol. The Kier molecular flexibility index (Phi) is 32.0. The molecule has 1 aromatic carbocycles. The van der Waals surface area contributed by atoms with E-state index in [0.29, 0.717) is 17.7 Å². The summed E-state index contributed by atoms with van der Waals surface area (Å²) in [6.45, 7) is 18.2. The van der Waals surface area contributed by atoms with E-state index in [1.54, 1.807) is 48.7 Å². The molecule has 87 heavy (non-hydrogen) atoms. The van der Waals surface area contributed by atoms with Gasteiger partial charge in [0.25, 0.3) is 0 Å². The first kappa shape index (κ1) is 74.1. The van der Waals surface area contributed by atoms with Gasteiger partial charge in [0.15, 0.2) is 5.96 Å². The van der Waals surface area contributed by atoms with Crippen molar-refractivity contribution in [3.8, 4) is 0 Å². The van der Waals surface area contributed by atoms with Crippen LogP contribution in [0.25, 0.3) is 0 Å². The number of aliphatic hydroxyl groups excluding tert-OH is 1. The van der Waals surface area contributed by atoms with Crippen LogP contribution in [0.5, 0.6) is 0 Å². The molecular formula is C62H101N13O11S. The smallest absolute Gasteiger partial charge is 0.248 e. The summed E-state index contributed by atoms with van der Waals surface area (Å²) in [6, 6.07) is 1.49. The zero-order chi connectivity index (χ0) is 65.1. The van der Waals surface area contributed by atoms with Crippen LogP contribution in [0, 0.1) is 23.7 Å². The van der Waals surface area contributed by atoms with Crippen molar-refractivity contribution in [2.24, 2.45) is 45.9 Å². The Morgan fingerprint density at radius 3 is 1.83 bits per heavy atom. The number of likely N-dealkylation sites (N-methyl/N-ethyl adjacent to an activating group) is 1. The molecule has 1 fully saturated rings. The number of thiophene rings is 1. The van der Waals surface area contributed by atoms with Gasteiger partial charge in [-0.3, -0.25) is 52.9 Å². The van der Waals surface area contributed by atoms with Crippen LogP contribution in [0.15, 0.2) is 52.8 Å². The number of carbonyl (C=O) groups is 10. The number of amides is 10. The second-order valence-corrected chi connectivity index (χ2v) is 25.3. The van der Waals surface area contributed by atoms with E-state index < -0.39 is 114 Å². The van der Waals surface area contributed by atoms with Crippen molar-refractivity contribution in [3.05, 3.63) is 58.3 Å². The fourth-order valence-corrected chi connectivity index (χ4v) is 11.1. The summed E-state index contributed by atoms with van der Waals surface area (Å²) in [5, 5.41) is 32.4. The van der Waals surface area contributed by atoms with Crippen molar-refractivity contribution in [1.82, 2.24) is 47.0 Å². The lowest BCUT2D eigenvalue weighted by atomic mass is 9.97. The number of nitrogens with two attached hydrogens (primary N) is 3. The number of nitrogens with one attached hydrogen (secondary N) is 7. The number of carbonyl (C=O) groups excluding carboxylic acids is 10. The molecule has 0 bridgehead atoms. The van der Waals surface area contributed by atoms with Gasteiger partial charge in [0.2, 0.25) is 59.1 Å². The Hall–Kier alpha value is -7.15. The van der Waals surface area contributed by atoms with Gasteiger partial charge in [0.05, 0.1) is 6.10 Å². The van der Waals surface area contributed by atoms with Crippen LogP contribution in [0.2, 0.25) is 0 Å². The molecule has 24 nitrogen and oxygen atoms in total. The van der Waals surface area contributed by atoms with Crippen molar-refractivity contribution < 1.29 is 53.1 Å². The second-order valence-electron chi connectivity index (χ2n) is 24.3. The summed E-state index contributed by atoms with van der Waals surface area (Å²) in [6.07, 6.45) is 4.76. The number of benzene rings is 1. The van der Waals surface area contributed by atoms with Crippen LogP contribution >= 0.6 is 11.3 Å². The van der Waals surface area contributed by atoms with Crippen molar-refractivity contribution in [3.63, 3.8) is 0 Å². The van der Waals surface area contributed by atoms with Crippen molar-refractivity contribution in [2.75, 3.05) is 20.1 Å². The number of hydrogen-bond donors (Lipinski definition) is 11. The Bertz CT molecular complexity index is 2580. The summed E-state index contributed by atoms with van der Waals surface area (Å²) in [5.74, 6) is -7.62. The number of β-amino-alcohol motifs (C(OH)–C–C–N with tert-alkyl or cyclic N) is 1. The zero-order valence-electron chi connectivity index (χ0n) is 53.0. The van der Waals surface area contributed by atoms with E-state index >= 15 is 0 Å². The number of aliphatic imine (C=N–C) groups is 1. The molecule has 11 atom stereocenters. The predicted octanol–water partition coefficient (Wildman–Crippen LogP) is 2.95. The molecule has 1 aliphatic rings. The van der Waals surface area contributed by atoms with Crippen molar-refractivity contribution in [1.29, 1.82) is 0 Å². The molecule has 0 spiro atoms. The summed E-state index contributed by atoms with van der Waals surface area (Å²) < 4.78 is 0. The molecule has 0 unspecified atom stereocenters. The quantitative estimate of drug-likeness (QED) is 0.0262. The first-order valence-corrected chi connectivity index (χ1v) is 31.7. The Balaban J connectivity index is 1.92. The van der Waals surface area contributed by atoms with Crippen LogP contribution in [0.1, 0.15) is 169 Å². The van der Waals surface area contributed by atoms with E-state index in [-0.39, 0.29) is 100.0 Å². The molecule has 0 saturated carbocycles. The van der Waals surface area contributed by atoms with Gasteiger partial charge in [-0.15, -0.1) is 11.3 Å². The monoisotopic (exact) mass is 1240 g/mol. The molecule has 2 heterocycles. The fraction of sp³-hybridized carbons (Fsp3) is 0.661. The van der Waals surface area contributed by atoms with Gasteiger partial charge in [-0.25, -0.2) is 0 Å². The Labute approximate surface area is 518 Å². The maximum Gasteiger partial charge on any atom is 0.248 e. The molecule has 2 aromatic rings. The highest BCUT2D eigenvalue weighted by Gasteiger charge is 2.45. The highest BCUT2D eigenvalue weighted by molar-refractivity contribution is 7.10. The first-order chi connectivity index (χ1) is 41.1. The standard InChI is InChI=1S/C62H101N13O11S/c1-12-14-15-16-20-27-50(77)67-40(10)54(79)69-45(33-41-23-18-17-19-24-41)57(82)70-44(30-36(3)4)56(81)71-46(31-37(5)6)60(85)75-35-42(76)34-48(75)61(86)74(11)47(32-38(7)8)58(83)73-52(49-26-22-29-87-49)59(84)68-43(25-21-28-66-62(64)65)55(80)72-51(53(63)78)39(9)13-2/h17-19,22-24,26,29,36-40,42-48,51-52,76H,12-16,20-21,25,27-28,30-35H2,1-11H3,(H2,63,78)(H,67,77)(H,68,84)(H,69,79)(H,70,82)(H,71,81)(H,72,80)(H,73,83)(H4,64,65,66)/t39-,40+,42+,43-,44+,45-,46-,47-,48-,51-,52+/m0/s1. The van der Waals surface area contributed by atoms with Gasteiger partial charge in [0, 0.05) is 44.3 Å². The number of primary amides is 1. The molecule has 14 N–H and O–H groups in total. The first-order valence-electron chi connectivity index (χ1n) is 30.9.